The summed E-state index contributed by atoms with van der Waals surface area (Å²) in [6.07, 6.45) is 2.34. The van der Waals surface area contributed by atoms with Crippen LogP contribution in [0.3, 0.4) is 0 Å². The van der Waals surface area contributed by atoms with Gasteiger partial charge in [-0.3, -0.25) is 9.59 Å². The van der Waals surface area contributed by atoms with Gasteiger partial charge in [0.1, 0.15) is 5.75 Å². The zero-order chi connectivity index (χ0) is 22.9. The topological polar surface area (TPSA) is 78.9 Å². The molecule has 8 nitrogen and oxygen atoms in total. The molecule has 2 heterocycles. The van der Waals surface area contributed by atoms with Crippen molar-refractivity contribution in [2.45, 2.75) is 33.1 Å². The number of ether oxygens (including phenoxy) is 1. The van der Waals surface area contributed by atoms with E-state index in [1.807, 2.05) is 48.2 Å². The zero-order valence-corrected chi connectivity index (χ0v) is 19.3. The highest BCUT2D eigenvalue weighted by molar-refractivity contribution is 5.85. The highest BCUT2D eigenvalue weighted by atomic mass is 16.5. The molecule has 1 fully saturated rings. The maximum atomic E-state index is 12.8. The predicted molar refractivity (Wildman–Crippen MR) is 125 cm³/mol. The van der Waals surface area contributed by atoms with Gasteiger partial charge in [-0.2, -0.15) is 0 Å². The summed E-state index contributed by atoms with van der Waals surface area (Å²) in [7, 11) is 1.64. The van der Waals surface area contributed by atoms with E-state index in [2.05, 4.69) is 22.0 Å². The van der Waals surface area contributed by atoms with Crippen LogP contribution in [-0.4, -0.2) is 78.2 Å². The largest absolute Gasteiger partial charge is 0.497 e. The molecule has 0 saturated carbocycles. The summed E-state index contributed by atoms with van der Waals surface area (Å²) in [6, 6.07) is 11.7. The van der Waals surface area contributed by atoms with Gasteiger partial charge in [-0.05, 0) is 30.7 Å². The number of methoxy groups -OCH3 is 1. The second-order valence-electron chi connectivity index (χ2n) is 7.90. The van der Waals surface area contributed by atoms with Crippen molar-refractivity contribution in [3.63, 3.8) is 0 Å². The molecule has 1 aromatic heterocycles. The van der Waals surface area contributed by atoms with Gasteiger partial charge >= 0.3 is 0 Å². The van der Waals surface area contributed by atoms with E-state index in [1.165, 1.54) is 0 Å². The summed E-state index contributed by atoms with van der Waals surface area (Å²) in [5, 5.41) is 8.78. The van der Waals surface area contributed by atoms with Gasteiger partial charge in [0.05, 0.1) is 19.3 Å². The van der Waals surface area contributed by atoms with Gasteiger partial charge in [0, 0.05) is 44.7 Å². The van der Waals surface area contributed by atoms with Crippen LogP contribution in [-0.2, 0) is 9.59 Å². The van der Waals surface area contributed by atoms with Crippen LogP contribution in [0.15, 0.2) is 36.4 Å². The fraction of sp³-hybridized carbons (Fsp3) is 0.500. The van der Waals surface area contributed by atoms with Crippen LogP contribution >= 0.6 is 0 Å². The zero-order valence-electron chi connectivity index (χ0n) is 19.3. The van der Waals surface area contributed by atoms with Crippen LogP contribution in [0.5, 0.6) is 5.75 Å². The SMILES string of the molecule is CCCCN(CC(=O)N1CCN(c2ccc(-c3cccc(OC)c3)nn2)CC1)C(=O)CC. The minimum Gasteiger partial charge on any atom is -0.497 e. The van der Waals surface area contributed by atoms with E-state index >= 15 is 0 Å². The van der Waals surface area contributed by atoms with Crippen molar-refractivity contribution >= 4 is 17.6 Å². The van der Waals surface area contributed by atoms with Crippen LogP contribution < -0.4 is 9.64 Å². The third kappa shape index (κ3) is 5.96. The number of benzene rings is 1. The van der Waals surface area contributed by atoms with Crippen molar-refractivity contribution in [2.75, 3.05) is 51.3 Å². The molecule has 0 unspecified atom stereocenters. The number of aromatic nitrogens is 2. The molecule has 2 amide bonds. The first-order valence-corrected chi connectivity index (χ1v) is 11.3. The summed E-state index contributed by atoms with van der Waals surface area (Å²) in [5.41, 5.74) is 1.74. The molecular weight excluding hydrogens is 406 g/mol. The highest BCUT2D eigenvalue weighted by Gasteiger charge is 2.24. The molecule has 0 spiro atoms. The number of nitrogens with zero attached hydrogens (tertiary/aromatic N) is 5. The van der Waals surface area contributed by atoms with Gasteiger partial charge in [-0.25, -0.2) is 0 Å². The third-order valence-electron chi connectivity index (χ3n) is 5.74. The molecule has 1 aliphatic rings. The van der Waals surface area contributed by atoms with E-state index < -0.39 is 0 Å². The summed E-state index contributed by atoms with van der Waals surface area (Å²) in [5.74, 6) is 1.64. The number of carbonyl (C=O) groups is 2. The molecule has 0 bridgehead atoms. The summed E-state index contributed by atoms with van der Waals surface area (Å²) >= 11 is 0. The number of hydrogen-bond donors (Lipinski definition) is 0. The van der Waals surface area contributed by atoms with Gasteiger partial charge in [-0.1, -0.05) is 32.4 Å². The van der Waals surface area contributed by atoms with Gasteiger partial charge in [0.2, 0.25) is 11.8 Å². The molecule has 1 aliphatic heterocycles. The van der Waals surface area contributed by atoms with E-state index in [0.29, 0.717) is 39.1 Å². The van der Waals surface area contributed by atoms with E-state index in [1.54, 1.807) is 12.0 Å². The van der Waals surface area contributed by atoms with Crippen molar-refractivity contribution in [2.24, 2.45) is 0 Å². The normalized spacial score (nSPS) is 13.7. The molecule has 2 aromatic rings. The Kier molecular flexibility index (Phi) is 8.41. The molecule has 8 heteroatoms. The average Bonchev–Trinajstić information content (AvgIpc) is 2.86. The van der Waals surface area contributed by atoms with Crippen molar-refractivity contribution in [1.82, 2.24) is 20.0 Å². The molecule has 172 valence electrons. The first-order chi connectivity index (χ1) is 15.5. The maximum Gasteiger partial charge on any atom is 0.242 e. The fourth-order valence-electron chi connectivity index (χ4n) is 3.74. The van der Waals surface area contributed by atoms with Crippen LogP contribution in [0, 0.1) is 0 Å². The van der Waals surface area contributed by atoms with E-state index in [0.717, 1.165) is 35.7 Å². The van der Waals surface area contributed by atoms with Gasteiger partial charge in [-0.15, -0.1) is 10.2 Å². The molecule has 32 heavy (non-hydrogen) atoms. The molecule has 1 saturated heterocycles. The van der Waals surface area contributed by atoms with Crippen LogP contribution in [0.25, 0.3) is 11.3 Å². The van der Waals surface area contributed by atoms with Crippen molar-refractivity contribution < 1.29 is 14.3 Å². The van der Waals surface area contributed by atoms with Crippen molar-refractivity contribution in [3.05, 3.63) is 36.4 Å². The third-order valence-corrected chi connectivity index (χ3v) is 5.74. The lowest BCUT2D eigenvalue weighted by molar-refractivity contribution is -0.140. The number of anilines is 1. The quantitative estimate of drug-likeness (QED) is 0.598. The minimum absolute atomic E-state index is 0.0158. The van der Waals surface area contributed by atoms with Crippen molar-refractivity contribution in [1.29, 1.82) is 0 Å². The van der Waals surface area contributed by atoms with Crippen LogP contribution in [0.4, 0.5) is 5.82 Å². The van der Waals surface area contributed by atoms with Gasteiger partial charge in [0.15, 0.2) is 5.82 Å². The van der Waals surface area contributed by atoms with E-state index in [9.17, 15) is 9.59 Å². The Morgan fingerprint density at radius 2 is 1.84 bits per heavy atom. The molecule has 3 rings (SSSR count). The Balaban J connectivity index is 1.55. The maximum absolute atomic E-state index is 12.8. The molecule has 0 atom stereocenters. The first kappa shape index (κ1) is 23.5. The molecule has 0 radical (unpaired) electrons. The Morgan fingerprint density at radius 3 is 2.47 bits per heavy atom. The Labute approximate surface area is 190 Å². The Morgan fingerprint density at radius 1 is 1.06 bits per heavy atom. The van der Waals surface area contributed by atoms with Gasteiger partial charge in [0.25, 0.3) is 0 Å². The lowest BCUT2D eigenvalue weighted by atomic mass is 10.1. The predicted octanol–water partition coefficient (Wildman–Crippen LogP) is 2.84. The second kappa shape index (κ2) is 11.5. The Bertz CT molecular complexity index is 895. The average molecular weight is 440 g/mol. The lowest BCUT2D eigenvalue weighted by Crippen LogP contribution is -2.52. The lowest BCUT2D eigenvalue weighted by Gasteiger charge is -2.36. The smallest absolute Gasteiger partial charge is 0.242 e. The first-order valence-electron chi connectivity index (χ1n) is 11.3. The van der Waals surface area contributed by atoms with Crippen molar-refractivity contribution in [3.8, 4) is 17.0 Å². The molecule has 0 aliphatic carbocycles. The van der Waals surface area contributed by atoms with E-state index in [-0.39, 0.29) is 18.4 Å². The second-order valence-corrected chi connectivity index (χ2v) is 7.90. The molecular formula is C24H33N5O3. The fourth-order valence-corrected chi connectivity index (χ4v) is 3.74. The highest BCUT2D eigenvalue weighted by Crippen LogP contribution is 2.23. The van der Waals surface area contributed by atoms with Gasteiger partial charge < -0.3 is 19.4 Å². The summed E-state index contributed by atoms with van der Waals surface area (Å²) in [4.78, 5) is 30.6. The minimum atomic E-state index is 0.0158. The van der Waals surface area contributed by atoms with Crippen LogP contribution in [0.2, 0.25) is 0 Å². The summed E-state index contributed by atoms with van der Waals surface area (Å²) < 4.78 is 5.28. The Hall–Kier alpha value is -3.16. The monoisotopic (exact) mass is 439 g/mol. The number of rotatable bonds is 9. The number of amides is 2. The van der Waals surface area contributed by atoms with Crippen LogP contribution in [0.1, 0.15) is 33.1 Å². The standard InChI is InChI=1S/C24H33N5O3/c1-4-6-12-29(23(30)5-2)18-24(31)28-15-13-27(14-16-28)22-11-10-21(25-26-22)19-8-7-9-20(17-19)32-3/h7-11,17H,4-6,12-16,18H2,1-3H3. The number of hydrogen-bond acceptors (Lipinski definition) is 6. The summed E-state index contributed by atoms with van der Waals surface area (Å²) in [6.45, 7) is 7.34. The van der Waals surface area contributed by atoms with E-state index in [4.69, 9.17) is 4.74 Å². The molecule has 1 aromatic carbocycles. The number of carbonyl (C=O) groups excluding carboxylic acids is 2. The number of piperazine rings is 1. The molecule has 0 N–H and O–H groups in total. The number of unbranched alkanes of at least 4 members (excludes halogenated alkanes) is 1.